The van der Waals surface area contributed by atoms with Crippen molar-refractivity contribution in [2.45, 2.75) is 24.1 Å². The second-order valence-electron chi connectivity index (χ2n) is 2.90. The zero-order valence-electron chi connectivity index (χ0n) is 7.39. The summed E-state index contributed by atoms with van der Waals surface area (Å²) < 4.78 is 2.54. The van der Waals surface area contributed by atoms with Crippen molar-refractivity contribution in [1.29, 1.82) is 0 Å². The van der Waals surface area contributed by atoms with Gasteiger partial charge in [-0.3, -0.25) is 0 Å². The van der Waals surface area contributed by atoms with Gasteiger partial charge >= 0.3 is 5.97 Å². The van der Waals surface area contributed by atoms with E-state index in [4.69, 9.17) is 34.8 Å². The summed E-state index contributed by atoms with van der Waals surface area (Å²) in [5, 5.41) is 0. The van der Waals surface area contributed by atoms with E-state index in [0.29, 0.717) is 5.92 Å². The Morgan fingerprint density at radius 3 is 2.38 bits per heavy atom. The van der Waals surface area contributed by atoms with Crippen LogP contribution >= 0.6 is 34.8 Å². The molecule has 76 valence electrons. The summed E-state index contributed by atoms with van der Waals surface area (Å²) in [4.78, 5) is 10.8. The molecule has 13 heavy (non-hydrogen) atoms. The topological polar surface area (TPSA) is 26.3 Å². The Hall–Kier alpha value is 0.0800. The second kappa shape index (κ2) is 5.74. The molecule has 0 aromatic carbocycles. The van der Waals surface area contributed by atoms with Gasteiger partial charge in [-0.15, -0.1) is 0 Å². The number of allylic oxidation sites excluding steroid dienone is 1. The quantitative estimate of drug-likeness (QED) is 0.432. The number of carbonyl (C=O) groups excluding carboxylic acids is 1. The highest BCUT2D eigenvalue weighted by atomic mass is 35.6. The summed E-state index contributed by atoms with van der Waals surface area (Å²) in [5.74, 6) is -0.389. The minimum atomic E-state index is -2.00. The molecule has 0 bridgehead atoms. The summed E-state index contributed by atoms with van der Waals surface area (Å²) in [6.07, 6.45) is 3.76. The van der Waals surface area contributed by atoms with E-state index in [1.807, 2.05) is 13.8 Å². The van der Waals surface area contributed by atoms with Gasteiger partial charge in [-0.05, 0) is 18.4 Å². The standard InChI is InChI=1S/C8H11Cl3O2/c1-6(2)4-3-5-13-7(12)8(9,10)11/h3,5-6H,4H2,1-2H3. The highest BCUT2D eigenvalue weighted by molar-refractivity contribution is 6.75. The van der Waals surface area contributed by atoms with Crippen LogP contribution in [0.4, 0.5) is 0 Å². The van der Waals surface area contributed by atoms with Gasteiger partial charge in [-0.25, -0.2) is 4.79 Å². The molecule has 0 spiro atoms. The van der Waals surface area contributed by atoms with Crippen molar-refractivity contribution in [3.63, 3.8) is 0 Å². The Bertz CT molecular complexity index is 194. The van der Waals surface area contributed by atoms with Gasteiger partial charge in [0.05, 0.1) is 6.26 Å². The van der Waals surface area contributed by atoms with Crippen molar-refractivity contribution in [3.05, 3.63) is 12.3 Å². The molecule has 2 nitrogen and oxygen atoms in total. The third kappa shape index (κ3) is 7.17. The lowest BCUT2D eigenvalue weighted by Crippen LogP contribution is -2.19. The highest BCUT2D eigenvalue weighted by Crippen LogP contribution is 2.27. The lowest BCUT2D eigenvalue weighted by atomic mass is 10.1. The number of alkyl halides is 3. The molecule has 0 heterocycles. The van der Waals surface area contributed by atoms with Crippen LogP contribution in [-0.4, -0.2) is 9.76 Å². The zero-order valence-corrected chi connectivity index (χ0v) is 9.66. The largest absolute Gasteiger partial charge is 0.432 e. The molecule has 0 aliphatic carbocycles. The number of hydrogen-bond acceptors (Lipinski definition) is 2. The first-order chi connectivity index (χ1) is 5.84. The van der Waals surface area contributed by atoms with Gasteiger partial charge in [0.25, 0.3) is 3.79 Å². The third-order valence-electron chi connectivity index (χ3n) is 1.11. The predicted octanol–water partition coefficient (Wildman–Crippen LogP) is 3.46. The smallest absolute Gasteiger partial charge is 0.363 e. The molecule has 0 atom stereocenters. The molecule has 0 aliphatic rings. The van der Waals surface area contributed by atoms with Crippen molar-refractivity contribution in [2.75, 3.05) is 0 Å². The molecule has 0 N–H and O–H groups in total. The van der Waals surface area contributed by atoms with Crippen molar-refractivity contribution < 1.29 is 9.53 Å². The average Bonchev–Trinajstić information content (AvgIpc) is 1.95. The summed E-state index contributed by atoms with van der Waals surface area (Å²) in [6, 6.07) is 0. The Kier molecular flexibility index (Phi) is 5.77. The van der Waals surface area contributed by atoms with Crippen LogP contribution < -0.4 is 0 Å². The number of hydrogen-bond donors (Lipinski definition) is 0. The van der Waals surface area contributed by atoms with Crippen molar-refractivity contribution >= 4 is 40.8 Å². The minimum absolute atomic E-state index is 0.503. The van der Waals surface area contributed by atoms with E-state index in [1.165, 1.54) is 6.26 Å². The van der Waals surface area contributed by atoms with Crippen LogP contribution in [-0.2, 0) is 9.53 Å². The molecule has 0 radical (unpaired) electrons. The normalized spacial score (nSPS) is 12.5. The fourth-order valence-electron chi connectivity index (χ4n) is 0.504. The summed E-state index contributed by atoms with van der Waals surface area (Å²) in [6.45, 7) is 4.09. The van der Waals surface area contributed by atoms with Gasteiger partial charge in [0.1, 0.15) is 0 Å². The van der Waals surface area contributed by atoms with Gasteiger partial charge in [-0.2, -0.15) is 0 Å². The maximum Gasteiger partial charge on any atom is 0.363 e. The molecule has 0 unspecified atom stereocenters. The van der Waals surface area contributed by atoms with Crippen LogP contribution in [0.25, 0.3) is 0 Å². The van der Waals surface area contributed by atoms with Gasteiger partial charge in [0, 0.05) is 0 Å². The molecule has 0 saturated heterocycles. The molecule has 0 rings (SSSR count). The number of halogens is 3. The fourth-order valence-corrected chi connectivity index (χ4v) is 0.638. The monoisotopic (exact) mass is 244 g/mol. The Labute approximate surface area is 92.8 Å². The molecule has 0 amide bonds. The maximum absolute atomic E-state index is 10.8. The van der Waals surface area contributed by atoms with E-state index in [-0.39, 0.29) is 0 Å². The third-order valence-corrected chi connectivity index (χ3v) is 1.57. The molecular formula is C8H11Cl3O2. The minimum Gasteiger partial charge on any atom is -0.432 e. The molecular weight excluding hydrogens is 234 g/mol. The first-order valence-electron chi connectivity index (χ1n) is 3.77. The van der Waals surface area contributed by atoms with E-state index in [0.717, 1.165) is 6.42 Å². The molecule has 0 saturated carbocycles. The average molecular weight is 246 g/mol. The summed E-state index contributed by atoms with van der Waals surface area (Å²) in [7, 11) is 0. The van der Waals surface area contributed by atoms with Crippen LogP contribution in [0.5, 0.6) is 0 Å². The van der Waals surface area contributed by atoms with E-state index in [1.54, 1.807) is 6.08 Å². The van der Waals surface area contributed by atoms with Crippen LogP contribution in [0.15, 0.2) is 12.3 Å². The Balaban J connectivity index is 3.77. The lowest BCUT2D eigenvalue weighted by molar-refractivity contribution is -0.136. The molecule has 0 aromatic heterocycles. The molecule has 0 aliphatic heterocycles. The van der Waals surface area contributed by atoms with Crippen LogP contribution in [0.1, 0.15) is 20.3 Å². The van der Waals surface area contributed by atoms with Crippen LogP contribution in [0.2, 0.25) is 0 Å². The van der Waals surface area contributed by atoms with Crippen molar-refractivity contribution in [2.24, 2.45) is 5.92 Å². The molecule has 0 fully saturated rings. The number of ether oxygens (including phenoxy) is 1. The maximum atomic E-state index is 10.8. The van der Waals surface area contributed by atoms with Crippen LogP contribution in [0.3, 0.4) is 0 Å². The van der Waals surface area contributed by atoms with E-state index in [2.05, 4.69) is 4.74 Å². The first kappa shape index (κ1) is 13.1. The lowest BCUT2D eigenvalue weighted by Gasteiger charge is -2.06. The SMILES string of the molecule is CC(C)CC=COC(=O)C(Cl)(Cl)Cl. The molecule has 5 heteroatoms. The van der Waals surface area contributed by atoms with E-state index in [9.17, 15) is 4.79 Å². The molecule has 0 aromatic rings. The fraction of sp³-hybridized carbons (Fsp3) is 0.625. The predicted molar refractivity (Wildman–Crippen MR) is 55.0 cm³/mol. The second-order valence-corrected chi connectivity index (χ2v) is 5.19. The summed E-state index contributed by atoms with van der Waals surface area (Å²) in [5.41, 5.74) is 0. The van der Waals surface area contributed by atoms with Gasteiger partial charge < -0.3 is 4.74 Å². The highest BCUT2D eigenvalue weighted by Gasteiger charge is 2.32. The van der Waals surface area contributed by atoms with Crippen molar-refractivity contribution in [1.82, 2.24) is 0 Å². The Morgan fingerprint density at radius 1 is 1.46 bits per heavy atom. The van der Waals surface area contributed by atoms with E-state index < -0.39 is 9.76 Å². The van der Waals surface area contributed by atoms with Crippen LogP contribution in [0, 0.1) is 5.92 Å². The van der Waals surface area contributed by atoms with Crippen molar-refractivity contribution in [3.8, 4) is 0 Å². The number of rotatable bonds is 3. The Morgan fingerprint density at radius 2 is 2.00 bits per heavy atom. The summed E-state index contributed by atoms with van der Waals surface area (Å²) >= 11 is 15.7. The first-order valence-corrected chi connectivity index (χ1v) is 4.90. The van der Waals surface area contributed by atoms with E-state index >= 15 is 0 Å². The number of esters is 1. The zero-order chi connectivity index (χ0) is 10.5. The number of carbonyl (C=O) groups is 1. The van der Waals surface area contributed by atoms with Gasteiger partial charge in [0.15, 0.2) is 0 Å². The van der Waals surface area contributed by atoms with Gasteiger partial charge in [-0.1, -0.05) is 48.7 Å². The van der Waals surface area contributed by atoms with Gasteiger partial charge in [0.2, 0.25) is 0 Å².